The molecule has 2 aromatic rings. The molecule has 2 rings (SSSR count). The second-order valence-corrected chi connectivity index (χ2v) is 10.7. The van der Waals surface area contributed by atoms with Crippen molar-refractivity contribution in [2.45, 2.75) is 110 Å². The zero-order chi connectivity index (χ0) is 28.5. The Labute approximate surface area is 238 Å². The average Bonchev–Trinajstić information content (AvgIpc) is 2.92. The van der Waals surface area contributed by atoms with Crippen molar-refractivity contribution in [1.29, 1.82) is 0 Å². The fourth-order valence-corrected chi connectivity index (χ4v) is 4.92. The van der Waals surface area contributed by atoms with E-state index in [1.165, 1.54) is 68.4 Å². The van der Waals surface area contributed by atoms with Gasteiger partial charge in [0.05, 0.1) is 23.2 Å². The van der Waals surface area contributed by atoms with Gasteiger partial charge in [-0.1, -0.05) is 114 Å². The Morgan fingerprint density at radius 1 is 0.846 bits per heavy atom. The van der Waals surface area contributed by atoms with E-state index in [-0.39, 0.29) is 24.2 Å². The molecular weight excluding hydrogens is 523 g/mol. The maximum absolute atomic E-state index is 13.6. The Morgan fingerprint density at radius 2 is 1.44 bits per heavy atom. The zero-order valence-electron chi connectivity index (χ0n) is 23.6. The van der Waals surface area contributed by atoms with Gasteiger partial charge >= 0.3 is 6.18 Å². The number of alkyl halides is 3. The van der Waals surface area contributed by atoms with Crippen molar-refractivity contribution in [2.75, 3.05) is 18.1 Å². The molecule has 0 aliphatic heterocycles. The van der Waals surface area contributed by atoms with Crippen LogP contribution in [0.15, 0.2) is 48.5 Å². The normalized spacial score (nSPS) is 12.5. The molecule has 2 aromatic carbocycles. The molecule has 3 nitrogen and oxygen atoms in total. The van der Waals surface area contributed by atoms with Gasteiger partial charge in [0.1, 0.15) is 0 Å². The van der Waals surface area contributed by atoms with Crippen LogP contribution in [0, 0.1) is 0 Å². The summed E-state index contributed by atoms with van der Waals surface area (Å²) >= 11 is 5.87. The Kier molecular flexibility index (Phi) is 15.6. The summed E-state index contributed by atoms with van der Waals surface area (Å²) in [7, 11) is 0. The number of carbonyl (C=O) groups excluding carboxylic acids is 1. The molecule has 0 N–H and O–H groups in total. The van der Waals surface area contributed by atoms with Crippen molar-refractivity contribution in [3.8, 4) is 0 Å². The molecule has 0 saturated carbocycles. The van der Waals surface area contributed by atoms with Crippen LogP contribution in [0.1, 0.15) is 113 Å². The molecular formula is C32H45ClF3NO2. The first-order valence-corrected chi connectivity index (χ1v) is 15.0. The van der Waals surface area contributed by atoms with E-state index < -0.39 is 16.8 Å². The number of halogens is 4. The predicted molar refractivity (Wildman–Crippen MR) is 156 cm³/mol. The Morgan fingerprint density at radius 3 is 2.00 bits per heavy atom. The molecule has 0 spiro atoms. The predicted octanol–water partition coefficient (Wildman–Crippen LogP) is 10.5. The molecule has 1 unspecified atom stereocenters. The molecule has 0 heterocycles. The second kappa shape index (κ2) is 18.3. The maximum Gasteiger partial charge on any atom is 0.417 e. The third-order valence-corrected chi connectivity index (χ3v) is 7.24. The molecule has 0 aliphatic carbocycles. The topological polar surface area (TPSA) is 29.5 Å². The first kappa shape index (κ1) is 33.2. The van der Waals surface area contributed by atoms with Gasteiger partial charge < -0.3 is 9.64 Å². The number of rotatable bonds is 19. The van der Waals surface area contributed by atoms with Crippen molar-refractivity contribution in [3.63, 3.8) is 0 Å². The monoisotopic (exact) mass is 567 g/mol. The van der Waals surface area contributed by atoms with Gasteiger partial charge in [-0.05, 0) is 43.2 Å². The van der Waals surface area contributed by atoms with Crippen molar-refractivity contribution in [2.24, 2.45) is 0 Å². The van der Waals surface area contributed by atoms with Crippen LogP contribution < -0.4 is 4.90 Å². The number of ether oxygens (including phenoxy) is 1. The maximum atomic E-state index is 13.6. The molecule has 1 amide bonds. The summed E-state index contributed by atoms with van der Waals surface area (Å²) < 4.78 is 47.0. The molecule has 0 aliphatic rings. The lowest BCUT2D eigenvalue weighted by Crippen LogP contribution is -2.39. The van der Waals surface area contributed by atoms with Crippen LogP contribution in [0.25, 0.3) is 0 Å². The van der Waals surface area contributed by atoms with E-state index in [0.29, 0.717) is 12.2 Å². The van der Waals surface area contributed by atoms with E-state index in [9.17, 15) is 18.0 Å². The summed E-state index contributed by atoms with van der Waals surface area (Å²) in [4.78, 5) is 14.9. The average molecular weight is 568 g/mol. The van der Waals surface area contributed by atoms with Crippen LogP contribution in [0.3, 0.4) is 0 Å². The minimum absolute atomic E-state index is 0.157. The van der Waals surface area contributed by atoms with Crippen LogP contribution in [0.5, 0.6) is 0 Å². The smallest absolute Gasteiger partial charge is 0.376 e. The zero-order valence-corrected chi connectivity index (χ0v) is 24.3. The highest BCUT2D eigenvalue weighted by Crippen LogP contribution is 2.37. The molecule has 0 fully saturated rings. The van der Waals surface area contributed by atoms with Crippen LogP contribution in [-0.4, -0.2) is 25.2 Å². The molecule has 1 atom stereocenters. The number of hydrogen-bond donors (Lipinski definition) is 0. The number of carbonyl (C=O) groups is 1. The van der Waals surface area contributed by atoms with Gasteiger partial charge in [0.15, 0.2) is 0 Å². The van der Waals surface area contributed by atoms with Crippen LogP contribution in [0.2, 0.25) is 5.02 Å². The van der Waals surface area contributed by atoms with Crippen LogP contribution >= 0.6 is 11.6 Å². The molecule has 39 heavy (non-hydrogen) atoms. The number of anilines is 1. The lowest BCUT2D eigenvalue weighted by atomic mass is 10.0. The van der Waals surface area contributed by atoms with E-state index in [1.54, 1.807) is 30.3 Å². The van der Waals surface area contributed by atoms with E-state index in [2.05, 4.69) is 6.92 Å². The minimum atomic E-state index is -4.62. The second-order valence-electron chi connectivity index (χ2n) is 10.3. The number of hydrogen-bond acceptors (Lipinski definition) is 2. The van der Waals surface area contributed by atoms with Gasteiger partial charge in [-0.15, -0.1) is 0 Å². The highest BCUT2D eigenvalue weighted by Gasteiger charge is 2.34. The van der Waals surface area contributed by atoms with Crippen LogP contribution in [0.4, 0.5) is 18.9 Å². The summed E-state index contributed by atoms with van der Waals surface area (Å²) in [6.07, 6.45) is 10.2. The highest BCUT2D eigenvalue weighted by atomic mass is 35.5. The summed E-state index contributed by atoms with van der Waals surface area (Å²) in [6, 6.07) is 12.3. The molecule has 7 heteroatoms. The molecule has 0 radical (unpaired) electrons. The van der Waals surface area contributed by atoms with Crippen molar-refractivity contribution < 1.29 is 22.7 Å². The number of benzene rings is 2. The fraction of sp³-hybridized carbons (Fsp3) is 0.594. The third-order valence-electron chi connectivity index (χ3n) is 6.91. The van der Waals surface area contributed by atoms with Crippen LogP contribution in [-0.2, 0) is 10.9 Å². The molecule has 0 bridgehead atoms. The third kappa shape index (κ3) is 12.3. The Bertz CT molecular complexity index is 952. The summed E-state index contributed by atoms with van der Waals surface area (Å²) in [5, 5.41) is -0.391. The largest absolute Gasteiger partial charge is 0.417 e. The Balaban J connectivity index is 2.05. The first-order valence-electron chi connectivity index (χ1n) is 14.6. The van der Waals surface area contributed by atoms with Crippen molar-refractivity contribution in [3.05, 3.63) is 64.7 Å². The van der Waals surface area contributed by atoms with Crippen molar-refractivity contribution in [1.82, 2.24) is 0 Å². The van der Waals surface area contributed by atoms with Gasteiger partial charge in [0.2, 0.25) is 0 Å². The summed E-state index contributed by atoms with van der Waals surface area (Å²) in [6.45, 7) is 4.95. The van der Waals surface area contributed by atoms with E-state index in [0.717, 1.165) is 38.2 Å². The van der Waals surface area contributed by atoms with Gasteiger partial charge in [-0.2, -0.15) is 13.2 Å². The van der Waals surface area contributed by atoms with Gasteiger partial charge in [-0.3, -0.25) is 4.79 Å². The first-order chi connectivity index (χ1) is 18.8. The number of unbranched alkanes of at least 4 members (excludes halogenated alkanes) is 10. The lowest BCUT2D eigenvalue weighted by Gasteiger charge is -2.29. The quantitative estimate of drug-likeness (QED) is 0.158. The van der Waals surface area contributed by atoms with Gasteiger partial charge in [0.25, 0.3) is 5.91 Å². The lowest BCUT2D eigenvalue weighted by molar-refractivity contribution is -0.137. The van der Waals surface area contributed by atoms with E-state index in [4.69, 9.17) is 16.3 Å². The molecule has 0 aromatic heterocycles. The minimum Gasteiger partial charge on any atom is -0.376 e. The standard InChI is InChI=1S/C32H45ClF3NO2/c1-3-5-6-7-8-9-10-11-12-13-17-20-28(39-23-4-2)25-37(31(38)26-18-15-14-16-19-26)27-21-22-30(33)29(24-27)32(34,35)36/h14-16,18-19,21-22,24,28H,3-13,17,20,23,25H2,1-2H3. The van der Waals surface area contributed by atoms with E-state index in [1.807, 2.05) is 6.92 Å². The van der Waals surface area contributed by atoms with Gasteiger partial charge in [-0.25, -0.2) is 0 Å². The summed E-state index contributed by atoms with van der Waals surface area (Å²) in [5.41, 5.74) is -0.390. The fourth-order valence-electron chi connectivity index (χ4n) is 4.69. The molecule has 218 valence electrons. The van der Waals surface area contributed by atoms with Gasteiger partial charge in [0, 0.05) is 17.9 Å². The summed E-state index contributed by atoms with van der Waals surface area (Å²) in [5.74, 6) is -0.366. The number of amides is 1. The highest BCUT2D eigenvalue weighted by molar-refractivity contribution is 6.31. The molecule has 0 saturated heterocycles. The Hall–Kier alpha value is -2.05. The van der Waals surface area contributed by atoms with E-state index >= 15 is 0 Å². The van der Waals surface area contributed by atoms with Crippen molar-refractivity contribution >= 4 is 23.2 Å². The number of nitrogens with zero attached hydrogens (tertiary/aromatic N) is 1. The SMILES string of the molecule is CCCCCCCCCCCCCC(CN(C(=O)c1ccccc1)c1ccc(Cl)c(C(F)(F)F)c1)OCCC.